The monoisotopic (exact) mass is 217 g/mol. The van der Waals surface area contributed by atoms with Gasteiger partial charge in [0.25, 0.3) is 0 Å². The predicted octanol–water partition coefficient (Wildman–Crippen LogP) is 1.16. The second-order valence-electron chi connectivity index (χ2n) is 3.88. The largest absolute Gasteiger partial charge is 0.396 e. The van der Waals surface area contributed by atoms with Crippen LogP contribution in [0.4, 0.5) is 0 Å². The van der Waals surface area contributed by atoms with E-state index < -0.39 is 0 Å². The van der Waals surface area contributed by atoms with Crippen LogP contribution in [0.25, 0.3) is 0 Å². The van der Waals surface area contributed by atoms with Crippen molar-refractivity contribution in [2.75, 3.05) is 6.61 Å². The molecule has 1 rings (SSSR count). The summed E-state index contributed by atoms with van der Waals surface area (Å²) in [5.41, 5.74) is 0. The summed E-state index contributed by atoms with van der Waals surface area (Å²) in [6, 6.07) is 0.443. The third-order valence-corrected chi connectivity index (χ3v) is 3.59. The highest BCUT2D eigenvalue weighted by atomic mass is 32.2. The fourth-order valence-electron chi connectivity index (χ4n) is 1.21. The third kappa shape index (κ3) is 4.33. The van der Waals surface area contributed by atoms with E-state index in [-0.39, 0.29) is 17.8 Å². The van der Waals surface area contributed by atoms with Crippen LogP contribution in [-0.4, -0.2) is 34.2 Å². The van der Waals surface area contributed by atoms with Gasteiger partial charge in [-0.2, -0.15) is 0 Å². The second kappa shape index (κ2) is 5.61. The van der Waals surface area contributed by atoms with E-state index in [4.69, 9.17) is 5.11 Å². The Morgan fingerprint density at radius 3 is 2.71 bits per heavy atom. The number of carbonyl (C=O) groups is 1. The molecule has 2 unspecified atom stereocenters. The van der Waals surface area contributed by atoms with Gasteiger partial charge in [-0.15, -0.1) is 11.8 Å². The molecule has 3 nitrogen and oxygen atoms in total. The van der Waals surface area contributed by atoms with E-state index in [1.165, 1.54) is 0 Å². The van der Waals surface area contributed by atoms with Gasteiger partial charge in [-0.05, 0) is 26.2 Å². The van der Waals surface area contributed by atoms with Gasteiger partial charge in [0, 0.05) is 17.9 Å². The molecule has 4 heteroatoms. The van der Waals surface area contributed by atoms with Crippen LogP contribution in [0.15, 0.2) is 0 Å². The molecule has 14 heavy (non-hydrogen) atoms. The molecule has 0 saturated heterocycles. The van der Waals surface area contributed by atoms with Crippen LogP contribution >= 0.6 is 11.8 Å². The van der Waals surface area contributed by atoms with Crippen LogP contribution in [0.2, 0.25) is 0 Å². The fraction of sp³-hybridized carbons (Fsp3) is 0.900. The number of amides is 1. The van der Waals surface area contributed by atoms with Gasteiger partial charge in [0.05, 0.1) is 5.25 Å². The first-order chi connectivity index (χ1) is 6.63. The Morgan fingerprint density at radius 2 is 2.21 bits per heavy atom. The molecule has 0 radical (unpaired) electrons. The first kappa shape index (κ1) is 11.9. The third-order valence-electron chi connectivity index (χ3n) is 2.27. The molecule has 1 aliphatic carbocycles. The smallest absolute Gasteiger partial charge is 0.233 e. The average Bonchev–Trinajstić information content (AvgIpc) is 2.88. The molecule has 1 aliphatic rings. The van der Waals surface area contributed by atoms with Crippen LogP contribution in [0, 0.1) is 0 Å². The van der Waals surface area contributed by atoms with Gasteiger partial charge in [0.2, 0.25) is 5.91 Å². The Morgan fingerprint density at radius 1 is 1.57 bits per heavy atom. The van der Waals surface area contributed by atoms with E-state index >= 15 is 0 Å². The quantitative estimate of drug-likeness (QED) is 0.702. The van der Waals surface area contributed by atoms with Crippen molar-refractivity contribution in [3.8, 4) is 0 Å². The van der Waals surface area contributed by atoms with Gasteiger partial charge in [0.15, 0.2) is 0 Å². The SMILES string of the molecule is CC(CCO)SC(C)C(=O)NC1CC1. The highest BCUT2D eigenvalue weighted by molar-refractivity contribution is 8.01. The Kier molecular flexibility index (Phi) is 4.75. The minimum Gasteiger partial charge on any atom is -0.396 e. The molecule has 0 aromatic heterocycles. The zero-order chi connectivity index (χ0) is 10.6. The summed E-state index contributed by atoms with van der Waals surface area (Å²) in [6.07, 6.45) is 3.02. The van der Waals surface area contributed by atoms with E-state index in [0.29, 0.717) is 11.3 Å². The molecule has 0 spiro atoms. The summed E-state index contributed by atoms with van der Waals surface area (Å²) >= 11 is 1.63. The summed E-state index contributed by atoms with van der Waals surface area (Å²) in [6.45, 7) is 4.17. The average molecular weight is 217 g/mol. The van der Waals surface area contributed by atoms with Gasteiger partial charge in [-0.25, -0.2) is 0 Å². The summed E-state index contributed by atoms with van der Waals surface area (Å²) in [7, 11) is 0. The first-order valence-corrected chi connectivity index (χ1v) is 6.14. The Hall–Kier alpha value is -0.220. The van der Waals surface area contributed by atoms with Crippen molar-refractivity contribution in [2.45, 2.75) is 49.7 Å². The van der Waals surface area contributed by atoms with Crippen LogP contribution < -0.4 is 5.32 Å². The summed E-state index contributed by atoms with van der Waals surface area (Å²) < 4.78 is 0. The molecule has 2 atom stereocenters. The molecule has 0 aromatic carbocycles. The number of thioether (sulfide) groups is 1. The number of aliphatic hydroxyl groups excluding tert-OH is 1. The number of aliphatic hydroxyl groups is 1. The number of hydrogen-bond acceptors (Lipinski definition) is 3. The minimum absolute atomic E-state index is 0.00264. The van der Waals surface area contributed by atoms with Gasteiger partial charge in [0.1, 0.15) is 0 Å². The molecule has 0 aliphatic heterocycles. The Labute approximate surface area is 89.6 Å². The van der Waals surface area contributed by atoms with Crippen molar-refractivity contribution in [2.24, 2.45) is 0 Å². The van der Waals surface area contributed by atoms with Crippen molar-refractivity contribution in [3.63, 3.8) is 0 Å². The lowest BCUT2D eigenvalue weighted by Crippen LogP contribution is -2.33. The normalized spacial score (nSPS) is 20.2. The van der Waals surface area contributed by atoms with E-state index in [1.54, 1.807) is 11.8 Å². The minimum atomic E-state index is -0.00264. The number of hydrogen-bond donors (Lipinski definition) is 2. The molecule has 0 bridgehead atoms. The lowest BCUT2D eigenvalue weighted by molar-refractivity contribution is -0.120. The zero-order valence-electron chi connectivity index (χ0n) is 8.82. The lowest BCUT2D eigenvalue weighted by Gasteiger charge is -2.15. The number of rotatable bonds is 6. The van der Waals surface area contributed by atoms with E-state index in [1.807, 2.05) is 13.8 Å². The van der Waals surface area contributed by atoms with Gasteiger partial charge < -0.3 is 10.4 Å². The van der Waals surface area contributed by atoms with Crippen LogP contribution in [0.5, 0.6) is 0 Å². The predicted molar refractivity (Wildman–Crippen MR) is 59.4 cm³/mol. The maximum Gasteiger partial charge on any atom is 0.233 e. The van der Waals surface area contributed by atoms with Crippen molar-refractivity contribution < 1.29 is 9.90 Å². The molecule has 0 aromatic rings. The topological polar surface area (TPSA) is 49.3 Å². The van der Waals surface area contributed by atoms with Crippen molar-refractivity contribution >= 4 is 17.7 Å². The fourth-order valence-corrected chi connectivity index (χ4v) is 2.34. The van der Waals surface area contributed by atoms with E-state index in [9.17, 15) is 4.79 Å². The molecular weight excluding hydrogens is 198 g/mol. The molecule has 1 fully saturated rings. The molecular formula is C10H19NO2S. The van der Waals surface area contributed by atoms with Gasteiger partial charge >= 0.3 is 0 Å². The summed E-state index contributed by atoms with van der Waals surface area (Å²) in [5.74, 6) is 0.141. The summed E-state index contributed by atoms with van der Waals surface area (Å²) in [5, 5.41) is 12.1. The zero-order valence-corrected chi connectivity index (χ0v) is 9.64. The lowest BCUT2D eigenvalue weighted by atomic mass is 10.3. The Balaban J connectivity index is 2.17. The summed E-state index contributed by atoms with van der Waals surface area (Å²) in [4.78, 5) is 11.5. The molecule has 0 heterocycles. The maximum absolute atomic E-state index is 11.5. The van der Waals surface area contributed by atoms with Crippen molar-refractivity contribution in [1.29, 1.82) is 0 Å². The van der Waals surface area contributed by atoms with E-state index in [0.717, 1.165) is 19.3 Å². The Bertz CT molecular complexity index is 195. The molecule has 1 amide bonds. The maximum atomic E-state index is 11.5. The van der Waals surface area contributed by atoms with Gasteiger partial charge in [-0.3, -0.25) is 4.79 Å². The van der Waals surface area contributed by atoms with E-state index in [2.05, 4.69) is 5.32 Å². The van der Waals surface area contributed by atoms with Gasteiger partial charge in [-0.1, -0.05) is 6.92 Å². The second-order valence-corrected chi connectivity index (χ2v) is 5.67. The highest BCUT2D eigenvalue weighted by Crippen LogP contribution is 2.23. The number of carbonyl (C=O) groups excluding carboxylic acids is 1. The van der Waals surface area contributed by atoms with Crippen LogP contribution in [0.3, 0.4) is 0 Å². The van der Waals surface area contributed by atoms with Crippen LogP contribution in [0.1, 0.15) is 33.1 Å². The first-order valence-electron chi connectivity index (χ1n) is 5.20. The van der Waals surface area contributed by atoms with Crippen molar-refractivity contribution in [1.82, 2.24) is 5.32 Å². The molecule has 2 N–H and O–H groups in total. The molecule has 82 valence electrons. The van der Waals surface area contributed by atoms with Crippen molar-refractivity contribution in [3.05, 3.63) is 0 Å². The highest BCUT2D eigenvalue weighted by Gasteiger charge is 2.26. The van der Waals surface area contributed by atoms with Crippen LogP contribution in [-0.2, 0) is 4.79 Å². The number of nitrogens with one attached hydrogen (secondary N) is 1. The molecule has 1 saturated carbocycles. The standard InChI is InChI=1S/C10H19NO2S/c1-7(5-6-12)14-8(2)10(13)11-9-3-4-9/h7-9,12H,3-6H2,1-2H3,(H,11,13).